The molecule has 0 unspecified atom stereocenters. The molecule has 1 amide bonds. The quantitative estimate of drug-likeness (QED) is 0.156. The van der Waals surface area contributed by atoms with Crippen LogP contribution in [0.15, 0.2) is 119 Å². The van der Waals surface area contributed by atoms with Gasteiger partial charge in [0.15, 0.2) is 15.3 Å². The Balaban J connectivity index is 1.10. The Morgan fingerprint density at radius 2 is 1.59 bits per heavy atom. The SMILES string of the molecule is O=C(CSc1nnc(COc2ccccc2)n1-c1ccccc1)Nc1ccc2nc(SCc3ccccc3)sc2c1. The van der Waals surface area contributed by atoms with Crippen molar-refractivity contribution in [1.82, 2.24) is 19.7 Å². The second-order valence-electron chi connectivity index (χ2n) is 8.94. The van der Waals surface area contributed by atoms with Gasteiger partial charge in [-0.2, -0.15) is 0 Å². The molecule has 0 aliphatic rings. The third-order valence-electron chi connectivity index (χ3n) is 6.02. The molecule has 2 heterocycles. The highest BCUT2D eigenvalue weighted by Crippen LogP contribution is 2.33. The van der Waals surface area contributed by atoms with Crippen LogP contribution in [0.4, 0.5) is 5.69 Å². The molecule has 1 N–H and O–H groups in total. The van der Waals surface area contributed by atoms with E-state index in [0.717, 1.165) is 37.4 Å². The van der Waals surface area contributed by atoms with Gasteiger partial charge < -0.3 is 10.1 Å². The van der Waals surface area contributed by atoms with Gasteiger partial charge in [-0.1, -0.05) is 90.3 Å². The van der Waals surface area contributed by atoms with Crippen molar-refractivity contribution in [3.63, 3.8) is 0 Å². The highest BCUT2D eigenvalue weighted by Gasteiger charge is 2.17. The highest BCUT2D eigenvalue weighted by atomic mass is 32.2. The van der Waals surface area contributed by atoms with Crippen molar-refractivity contribution in [2.24, 2.45) is 0 Å². The summed E-state index contributed by atoms with van der Waals surface area (Å²) in [6.07, 6.45) is 0. The molecule has 0 radical (unpaired) electrons. The van der Waals surface area contributed by atoms with Crippen LogP contribution in [0.5, 0.6) is 5.75 Å². The molecule has 0 fully saturated rings. The summed E-state index contributed by atoms with van der Waals surface area (Å²) >= 11 is 4.69. The molecule has 10 heteroatoms. The molecule has 0 saturated carbocycles. The maximum atomic E-state index is 12.9. The van der Waals surface area contributed by atoms with Crippen molar-refractivity contribution >= 4 is 56.7 Å². The number of aromatic nitrogens is 4. The molecule has 41 heavy (non-hydrogen) atoms. The number of nitrogens with zero attached hydrogens (tertiary/aromatic N) is 4. The summed E-state index contributed by atoms with van der Waals surface area (Å²) in [6.45, 7) is 0.249. The topological polar surface area (TPSA) is 81.9 Å². The fourth-order valence-corrected chi connectivity index (χ4v) is 6.91. The molecule has 2 aromatic heterocycles. The van der Waals surface area contributed by atoms with Gasteiger partial charge >= 0.3 is 0 Å². The minimum atomic E-state index is -0.123. The average molecular weight is 596 g/mol. The summed E-state index contributed by atoms with van der Waals surface area (Å²) < 4.78 is 9.91. The normalized spacial score (nSPS) is 11.0. The number of fused-ring (bicyclic) bond motifs is 1. The molecule has 0 aliphatic carbocycles. The molecule has 0 saturated heterocycles. The Morgan fingerprint density at radius 1 is 0.854 bits per heavy atom. The largest absolute Gasteiger partial charge is 0.486 e. The number of hydrogen-bond donors (Lipinski definition) is 1. The molecule has 0 aliphatic heterocycles. The van der Waals surface area contributed by atoms with Crippen LogP contribution in [0.1, 0.15) is 11.4 Å². The number of carbonyl (C=O) groups is 1. The van der Waals surface area contributed by atoms with E-state index in [2.05, 4.69) is 27.6 Å². The third-order valence-corrected chi connectivity index (χ3v) is 9.18. The monoisotopic (exact) mass is 595 g/mol. The molecule has 204 valence electrons. The van der Waals surface area contributed by atoms with E-state index in [1.807, 2.05) is 102 Å². The molecule has 6 rings (SSSR count). The maximum Gasteiger partial charge on any atom is 0.234 e. The number of thioether (sulfide) groups is 2. The lowest BCUT2D eigenvalue weighted by Crippen LogP contribution is -2.14. The van der Waals surface area contributed by atoms with Gasteiger partial charge in [0.05, 0.1) is 16.0 Å². The fourth-order valence-electron chi connectivity index (χ4n) is 4.08. The number of ether oxygens (including phenoxy) is 1. The Labute approximate surface area is 250 Å². The second-order valence-corrected chi connectivity index (χ2v) is 12.1. The summed E-state index contributed by atoms with van der Waals surface area (Å²) in [6, 6.07) is 35.6. The van der Waals surface area contributed by atoms with Gasteiger partial charge in [0.25, 0.3) is 0 Å². The van der Waals surface area contributed by atoms with E-state index in [-0.39, 0.29) is 18.3 Å². The molecule has 6 aromatic rings. The lowest BCUT2D eigenvalue weighted by molar-refractivity contribution is -0.113. The van der Waals surface area contributed by atoms with Crippen molar-refractivity contribution in [2.45, 2.75) is 21.9 Å². The zero-order chi connectivity index (χ0) is 27.9. The molecule has 0 bridgehead atoms. The number of benzene rings is 4. The predicted octanol–water partition coefficient (Wildman–Crippen LogP) is 7.48. The average Bonchev–Trinajstić information content (AvgIpc) is 3.63. The molecule has 0 atom stereocenters. The summed E-state index contributed by atoms with van der Waals surface area (Å²) in [5.41, 5.74) is 3.84. The first-order valence-electron chi connectivity index (χ1n) is 12.9. The van der Waals surface area contributed by atoms with E-state index < -0.39 is 0 Å². The van der Waals surface area contributed by atoms with Crippen LogP contribution in [-0.4, -0.2) is 31.4 Å². The Morgan fingerprint density at radius 3 is 2.37 bits per heavy atom. The van der Waals surface area contributed by atoms with Crippen LogP contribution in [0.3, 0.4) is 0 Å². The Hall–Kier alpha value is -4.12. The van der Waals surface area contributed by atoms with Crippen molar-refractivity contribution in [2.75, 3.05) is 11.1 Å². The van der Waals surface area contributed by atoms with Gasteiger partial charge in [0, 0.05) is 17.1 Å². The smallest absolute Gasteiger partial charge is 0.234 e. The van der Waals surface area contributed by atoms with Crippen molar-refractivity contribution in [1.29, 1.82) is 0 Å². The number of nitrogens with one attached hydrogen (secondary N) is 1. The zero-order valence-corrected chi connectivity index (χ0v) is 24.3. The van der Waals surface area contributed by atoms with Gasteiger partial charge in [0.2, 0.25) is 5.91 Å². The van der Waals surface area contributed by atoms with E-state index in [0.29, 0.717) is 11.0 Å². The minimum absolute atomic E-state index is 0.123. The standard InChI is InChI=1S/C31H25N5O2S3/c37-29(32-23-16-17-26-27(18-23)41-31(33-26)40-20-22-10-4-1-5-11-22)21-39-30-35-34-28(19-38-25-14-8-3-9-15-25)36(30)24-12-6-2-7-13-24/h1-18H,19-21H2,(H,32,37). The Bertz CT molecular complexity index is 1740. The molecule has 0 spiro atoms. The second kappa shape index (κ2) is 13.0. The highest BCUT2D eigenvalue weighted by molar-refractivity contribution is 8.00. The maximum absolute atomic E-state index is 12.9. The van der Waals surface area contributed by atoms with E-state index >= 15 is 0 Å². The first kappa shape index (κ1) is 27.1. The summed E-state index contributed by atoms with van der Waals surface area (Å²) in [4.78, 5) is 17.7. The number of amides is 1. The van der Waals surface area contributed by atoms with Gasteiger partial charge in [-0.15, -0.1) is 21.5 Å². The number of carbonyl (C=O) groups excluding carboxylic acids is 1. The van der Waals surface area contributed by atoms with Crippen molar-refractivity contribution in [3.05, 3.63) is 121 Å². The first-order chi connectivity index (χ1) is 20.2. The van der Waals surface area contributed by atoms with E-state index in [1.54, 1.807) is 23.1 Å². The predicted molar refractivity (Wildman–Crippen MR) is 167 cm³/mol. The molecule has 4 aromatic carbocycles. The van der Waals surface area contributed by atoms with Crippen LogP contribution in [0.2, 0.25) is 0 Å². The number of hydrogen-bond acceptors (Lipinski definition) is 8. The number of para-hydroxylation sites is 2. The van der Waals surface area contributed by atoms with Gasteiger partial charge in [-0.05, 0) is 48.0 Å². The number of rotatable bonds is 11. The van der Waals surface area contributed by atoms with Crippen LogP contribution in [0.25, 0.3) is 15.9 Å². The van der Waals surface area contributed by atoms with Crippen LogP contribution in [0, 0.1) is 0 Å². The van der Waals surface area contributed by atoms with Gasteiger partial charge in [0.1, 0.15) is 12.4 Å². The first-order valence-corrected chi connectivity index (χ1v) is 15.7. The summed E-state index contributed by atoms with van der Waals surface area (Å²) in [5, 5.41) is 12.4. The molecular formula is C31H25N5O2S3. The third kappa shape index (κ3) is 6.97. The van der Waals surface area contributed by atoms with Crippen molar-refractivity contribution < 1.29 is 9.53 Å². The number of anilines is 1. The zero-order valence-electron chi connectivity index (χ0n) is 21.8. The van der Waals surface area contributed by atoms with E-state index in [1.165, 1.54) is 17.3 Å². The van der Waals surface area contributed by atoms with Gasteiger partial charge in [-0.3, -0.25) is 9.36 Å². The molecular weight excluding hydrogens is 571 g/mol. The number of thiazole rings is 1. The molecule has 7 nitrogen and oxygen atoms in total. The van der Waals surface area contributed by atoms with E-state index in [4.69, 9.17) is 9.72 Å². The van der Waals surface area contributed by atoms with Crippen LogP contribution in [-0.2, 0) is 17.2 Å². The fraction of sp³-hybridized carbons (Fsp3) is 0.0968. The Kier molecular flexibility index (Phi) is 8.60. The lowest BCUT2D eigenvalue weighted by Gasteiger charge is -2.11. The van der Waals surface area contributed by atoms with Crippen LogP contribution >= 0.6 is 34.9 Å². The lowest BCUT2D eigenvalue weighted by atomic mass is 10.2. The minimum Gasteiger partial charge on any atom is -0.486 e. The van der Waals surface area contributed by atoms with Crippen molar-refractivity contribution in [3.8, 4) is 11.4 Å². The summed E-state index contributed by atoms with van der Waals surface area (Å²) in [5.74, 6) is 2.34. The van der Waals surface area contributed by atoms with Crippen LogP contribution < -0.4 is 10.1 Å². The summed E-state index contributed by atoms with van der Waals surface area (Å²) in [7, 11) is 0. The van der Waals surface area contributed by atoms with Gasteiger partial charge in [-0.25, -0.2) is 4.98 Å². The van der Waals surface area contributed by atoms with E-state index in [9.17, 15) is 4.79 Å².